The van der Waals surface area contributed by atoms with Gasteiger partial charge in [-0.1, -0.05) is 0 Å². The van der Waals surface area contributed by atoms with Gasteiger partial charge in [0.25, 0.3) is 0 Å². The van der Waals surface area contributed by atoms with Crippen LogP contribution in [0.2, 0.25) is 0 Å². The summed E-state index contributed by atoms with van der Waals surface area (Å²) in [5.41, 5.74) is 0.753. The van der Waals surface area contributed by atoms with Crippen LogP contribution in [0.3, 0.4) is 0 Å². The number of carbonyl (C=O) groups excluding carboxylic acids is 1. The average Bonchev–Trinajstić information content (AvgIpc) is 2.84. The van der Waals surface area contributed by atoms with Crippen LogP contribution in [0.25, 0.3) is 0 Å². The summed E-state index contributed by atoms with van der Waals surface area (Å²) in [7, 11) is 3.49. The van der Waals surface area contributed by atoms with Crippen LogP contribution in [0.1, 0.15) is 11.5 Å². The van der Waals surface area contributed by atoms with E-state index in [1.165, 1.54) is 0 Å². The van der Waals surface area contributed by atoms with Crippen LogP contribution in [0, 0.1) is 6.92 Å². The van der Waals surface area contributed by atoms with Crippen molar-refractivity contribution in [1.29, 1.82) is 0 Å². The highest BCUT2D eigenvalue weighted by atomic mass is 16.5. The van der Waals surface area contributed by atoms with Gasteiger partial charge in [0.05, 0.1) is 20.2 Å². The molecule has 2 aromatic rings. The molecule has 5 heteroatoms. The summed E-state index contributed by atoms with van der Waals surface area (Å²) in [6.07, 6.45) is 0. The summed E-state index contributed by atoms with van der Waals surface area (Å²) >= 11 is 0. The fourth-order valence-corrected chi connectivity index (χ4v) is 2.01. The molecule has 2 rings (SSSR count). The van der Waals surface area contributed by atoms with Gasteiger partial charge < -0.3 is 14.5 Å². The minimum atomic E-state index is -0.0639. The second-order valence-corrected chi connectivity index (χ2v) is 4.96. The van der Waals surface area contributed by atoms with Crippen molar-refractivity contribution in [2.75, 3.05) is 26.0 Å². The molecule has 1 aromatic carbocycles. The van der Waals surface area contributed by atoms with Gasteiger partial charge in [-0.2, -0.15) is 0 Å². The summed E-state index contributed by atoms with van der Waals surface area (Å²) in [5, 5.41) is 2.85. The SMILES string of the molecule is COc1ccc(NC(=O)CN(C)Cc2ccc(C)o2)cc1. The Labute approximate surface area is 124 Å². The van der Waals surface area contributed by atoms with Gasteiger partial charge in [0.1, 0.15) is 17.3 Å². The Balaban J connectivity index is 1.82. The number of likely N-dealkylation sites (N-methyl/N-ethyl adjacent to an activating group) is 1. The fraction of sp³-hybridized carbons (Fsp3) is 0.312. The van der Waals surface area contributed by atoms with Crippen LogP contribution in [0.5, 0.6) is 5.75 Å². The largest absolute Gasteiger partial charge is 0.497 e. The number of hydrogen-bond acceptors (Lipinski definition) is 4. The molecule has 1 aromatic heterocycles. The van der Waals surface area contributed by atoms with Crippen molar-refractivity contribution in [2.45, 2.75) is 13.5 Å². The number of carbonyl (C=O) groups is 1. The molecule has 0 aliphatic heterocycles. The maximum Gasteiger partial charge on any atom is 0.238 e. The van der Waals surface area contributed by atoms with E-state index in [0.717, 1.165) is 23.0 Å². The van der Waals surface area contributed by atoms with Crippen molar-refractivity contribution in [3.8, 4) is 5.75 Å². The van der Waals surface area contributed by atoms with Crippen molar-refractivity contribution >= 4 is 11.6 Å². The van der Waals surface area contributed by atoms with E-state index < -0.39 is 0 Å². The zero-order valence-electron chi connectivity index (χ0n) is 12.6. The van der Waals surface area contributed by atoms with E-state index in [0.29, 0.717) is 13.1 Å². The average molecular weight is 288 g/mol. The normalized spacial score (nSPS) is 10.7. The molecule has 0 aliphatic carbocycles. The Bertz CT molecular complexity index is 590. The Morgan fingerprint density at radius 2 is 1.95 bits per heavy atom. The monoisotopic (exact) mass is 288 g/mol. The highest BCUT2D eigenvalue weighted by molar-refractivity contribution is 5.92. The van der Waals surface area contributed by atoms with Gasteiger partial charge in [-0.15, -0.1) is 0 Å². The third kappa shape index (κ3) is 4.65. The quantitative estimate of drug-likeness (QED) is 0.888. The molecule has 1 amide bonds. The number of benzene rings is 1. The van der Waals surface area contributed by atoms with Gasteiger partial charge >= 0.3 is 0 Å². The Morgan fingerprint density at radius 3 is 2.52 bits per heavy atom. The first-order valence-electron chi connectivity index (χ1n) is 6.74. The molecule has 1 N–H and O–H groups in total. The van der Waals surface area contributed by atoms with E-state index >= 15 is 0 Å². The molecular formula is C16H20N2O3. The number of anilines is 1. The molecule has 0 saturated heterocycles. The van der Waals surface area contributed by atoms with Crippen molar-refractivity contribution in [1.82, 2.24) is 4.90 Å². The van der Waals surface area contributed by atoms with E-state index in [4.69, 9.17) is 9.15 Å². The fourth-order valence-electron chi connectivity index (χ4n) is 2.01. The molecule has 0 unspecified atom stereocenters. The Hall–Kier alpha value is -2.27. The number of nitrogens with one attached hydrogen (secondary N) is 1. The number of methoxy groups -OCH3 is 1. The number of nitrogens with zero attached hydrogens (tertiary/aromatic N) is 1. The molecule has 0 fully saturated rings. The molecule has 0 saturated carbocycles. The number of amides is 1. The summed E-state index contributed by atoms with van der Waals surface area (Å²) in [5.74, 6) is 2.43. The van der Waals surface area contributed by atoms with E-state index in [-0.39, 0.29) is 5.91 Å². The smallest absolute Gasteiger partial charge is 0.238 e. The molecule has 21 heavy (non-hydrogen) atoms. The van der Waals surface area contributed by atoms with Gasteiger partial charge in [0.15, 0.2) is 0 Å². The van der Waals surface area contributed by atoms with Crippen molar-refractivity contribution < 1.29 is 13.9 Å². The molecule has 0 atom stereocenters. The first-order valence-corrected chi connectivity index (χ1v) is 6.74. The highest BCUT2D eigenvalue weighted by Gasteiger charge is 2.09. The van der Waals surface area contributed by atoms with Gasteiger partial charge in [0, 0.05) is 5.69 Å². The van der Waals surface area contributed by atoms with Crippen LogP contribution in [-0.2, 0) is 11.3 Å². The van der Waals surface area contributed by atoms with Gasteiger partial charge in [-0.25, -0.2) is 0 Å². The Kier molecular flexibility index (Phi) is 5.00. The molecule has 112 valence electrons. The van der Waals surface area contributed by atoms with Gasteiger partial charge in [-0.05, 0) is 50.4 Å². The van der Waals surface area contributed by atoms with E-state index in [2.05, 4.69) is 5.32 Å². The maximum absolute atomic E-state index is 12.0. The third-order valence-corrected chi connectivity index (χ3v) is 3.01. The first kappa shape index (κ1) is 15.1. The number of rotatable bonds is 6. The molecule has 1 heterocycles. The lowest BCUT2D eigenvalue weighted by Crippen LogP contribution is -2.29. The molecular weight excluding hydrogens is 268 g/mol. The van der Waals surface area contributed by atoms with Crippen LogP contribution >= 0.6 is 0 Å². The van der Waals surface area contributed by atoms with Gasteiger partial charge in [0.2, 0.25) is 5.91 Å². The van der Waals surface area contributed by atoms with E-state index in [9.17, 15) is 4.79 Å². The third-order valence-electron chi connectivity index (χ3n) is 3.01. The zero-order chi connectivity index (χ0) is 15.2. The topological polar surface area (TPSA) is 54.7 Å². The molecule has 0 aliphatic rings. The first-order chi connectivity index (χ1) is 10.1. The number of ether oxygens (including phenoxy) is 1. The summed E-state index contributed by atoms with van der Waals surface area (Å²) < 4.78 is 10.6. The number of aryl methyl sites for hydroxylation is 1. The molecule has 0 radical (unpaired) electrons. The molecule has 5 nitrogen and oxygen atoms in total. The lowest BCUT2D eigenvalue weighted by Gasteiger charge is -2.15. The van der Waals surface area contributed by atoms with Crippen LogP contribution in [0.15, 0.2) is 40.8 Å². The minimum Gasteiger partial charge on any atom is -0.497 e. The molecule has 0 bridgehead atoms. The predicted molar refractivity (Wildman–Crippen MR) is 81.4 cm³/mol. The van der Waals surface area contributed by atoms with Crippen LogP contribution in [0.4, 0.5) is 5.69 Å². The van der Waals surface area contributed by atoms with Crippen molar-refractivity contribution in [3.63, 3.8) is 0 Å². The number of hydrogen-bond donors (Lipinski definition) is 1. The van der Waals surface area contributed by atoms with E-state index in [1.54, 1.807) is 7.11 Å². The van der Waals surface area contributed by atoms with Gasteiger partial charge in [-0.3, -0.25) is 9.69 Å². The second-order valence-electron chi connectivity index (χ2n) is 4.96. The lowest BCUT2D eigenvalue weighted by atomic mass is 10.3. The zero-order valence-corrected chi connectivity index (χ0v) is 12.6. The summed E-state index contributed by atoms with van der Waals surface area (Å²) in [4.78, 5) is 13.9. The summed E-state index contributed by atoms with van der Waals surface area (Å²) in [6.45, 7) is 2.80. The summed E-state index contributed by atoms with van der Waals surface area (Å²) in [6, 6.07) is 11.1. The van der Waals surface area contributed by atoms with Crippen LogP contribution in [-0.4, -0.2) is 31.5 Å². The van der Waals surface area contributed by atoms with Crippen molar-refractivity contribution in [2.24, 2.45) is 0 Å². The predicted octanol–water partition coefficient (Wildman–Crippen LogP) is 2.67. The molecule has 0 spiro atoms. The second kappa shape index (κ2) is 6.95. The Morgan fingerprint density at radius 1 is 1.24 bits per heavy atom. The maximum atomic E-state index is 12.0. The van der Waals surface area contributed by atoms with Crippen molar-refractivity contribution in [3.05, 3.63) is 47.9 Å². The van der Waals surface area contributed by atoms with E-state index in [1.807, 2.05) is 55.3 Å². The lowest BCUT2D eigenvalue weighted by molar-refractivity contribution is -0.117. The number of furan rings is 1. The highest BCUT2D eigenvalue weighted by Crippen LogP contribution is 2.15. The minimum absolute atomic E-state index is 0.0639. The van der Waals surface area contributed by atoms with Crippen LogP contribution < -0.4 is 10.1 Å². The standard InChI is InChI=1S/C16H20N2O3/c1-12-4-7-15(21-12)10-18(2)11-16(19)17-13-5-8-14(20-3)9-6-13/h4-9H,10-11H2,1-3H3,(H,17,19).